The van der Waals surface area contributed by atoms with Gasteiger partial charge in [-0.3, -0.25) is 4.90 Å². The zero-order valence-corrected chi connectivity index (χ0v) is 11.6. The molecule has 1 saturated carbocycles. The summed E-state index contributed by atoms with van der Waals surface area (Å²) in [6.07, 6.45) is 5.17. The Morgan fingerprint density at radius 1 is 1.22 bits per heavy atom. The smallest absolute Gasteiger partial charge is 0.0233 e. The molecule has 0 aromatic heterocycles. The van der Waals surface area contributed by atoms with Gasteiger partial charge in [-0.2, -0.15) is 0 Å². The lowest BCUT2D eigenvalue weighted by molar-refractivity contribution is 0.206. The average molecular weight is 246 g/mol. The highest BCUT2D eigenvalue weighted by Gasteiger charge is 2.42. The number of nitrogens with zero attached hydrogens (tertiary/aromatic N) is 1. The van der Waals surface area contributed by atoms with E-state index >= 15 is 0 Å². The van der Waals surface area contributed by atoms with Gasteiger partial charge in [0.15, 0.2) is 0 Å². The fourth-order valence-corrected chi connectivity index (χ4v) is 2.82. The van der Waals surface area contributed by atoms with Crippen LogP contribution < -0.4 is 5.73 Å². The van der Waals surface area contributed by atoms with Crippen molar-refractivity contribution in [2.24, 2.45) is 11.1 Å². The number of hydrogen-bond acceptors (Lipinski definition) is 2. The van der Waals surface area contributed by atoms with Crippen LogP contribution in [0.3, 0.4) is 0 Å². The molecule has 0 unspecified atom stereocenters. The Bertz CT molecular complexity index is 343. The fraction of sp³-hybridized carbons (Fsp3) is 0.625. The molecule has 2 N–H and O–H groups in total. The standard InChI is InChI=1S/C16H26N2/c1-2-12-18(13-15-6-4-3-5-7-15)14-16(8-9-16)10-11-17/h3-7H,2,8-14,17H2,1H3. The van der Waals surface area contributed by atoms with E-state index in [-0.39, 0.29) is 0 Å². The summed E-state index contributed by atoms with van der Waals surface area (Å²) in [5, 5.41) is 0. The van der Waals surface area contributed by atoms with Gasteiger partial charge in [0.25, 0.3) is 0 Å². The first-order chi connectivity index (χ1) is 8.78. The van der Waals surface area contributed by atoms with Gasteiger partial charge in [-0.1, -0.05) is 37.3 Å². The van der Waals surface area contributed by atoms with Gasteiger partial charge in [0, 0.05) is 13.1 Å². The molecule has 0 atom stereocenters. The van der Waals surface area contributed by atoms with Crippen LogP contribution in [0.15, 0.2) is 30.3 Å². The molecule has 0 aliphatic heterocycles. The lowest BCUT2D eigenvalue weighted by Crippen LogP contribution is -2.32. The van der Waals surface area contributed by atoms with Gasteiger partial charge in [0.05, 0.1) is 0 Å². The highest BCUT2D eigenvalue weighted by Crippen LogP contribution is 2.49. The second-order valence-corrected chi connectivity index (χ2v) is 5.73. The summed E-state index contributed by atoms with van der Waals surface area (Å²) in [5.74, 6) is 0. The van der Waals surface area contributed by atoms with Crippen LogP contribution >= 0.6 is 0 Å². The van der Waals surface area contributed by atoms with E-state index in [0.29, 0.717) is 5.41 Å². The highest BCUT2D eigenvalue weighted by atomic mass is 15.1. The van der Waals surface area contributed by atoms with Crippen molar-refractivity contribution in [3.8, 4) is 0 Å². The first-order valence-corrected chi connectivity index (χ1v) is 7.24. The molecule has 0 spiro atoms. The van der Waals surface area contributed by atoms with Gasteiger partial charge in [-0.15, -0.1) is 0 Å². The molecular weight excluding hydrogens is 220 g/mol. The van der Waals surface area contributed by atoms with Crippen molar-refractivity contribution in [3.05, 3.63) is 35.9 Å². The van der Waals surface area contributed by atoms with Crippen LogP contribution in [-0.4, -0.2) is 24.5 Å². The summed E-state index contributed by atoms with van der Waals surface area (Å²) in [7, 11) is 0. The van der Waals surface area contributed by atoms with Gasteiger partial charge in [-0.05, 0) is 49.8 Å². The molecule has 18 heavy (non-hydrogen) atoms. The van der Waals surface area contributed by atoms with Crippen molar-refractivity contribution in [2.45, 2.75) is 39.2 Å². The molecule has 1 aromatic carbocycles. The summed E-state index contributed by atoms with van der Waals surface area (Å²) in [6.45, 7) is 6.61. The molecule has 0 amide bonds. The Labute approximate surface area is 111 Å². The molecule has 1 aromatic rings. The average Bonchev–Trinajstić information content (AvgIpc) is 3.11. The van der Waals surface area contributed by atoms with Gasteiger partial charge in [0.1, 0.15) is 0 Å². The largest absolute Gasteiger partial charge is 0.330 e. The molecule has 1 fully saturated rings. The first-order valence-electron chi connectivity index (χ1n) is 7.24. The van der Waals surface area contributed by atoms with Crippen LogP contribution in [0.2, 0.25) is 0 Å². The van der Waals surface area contributed by atoms with Crippen molar-refractivity contribution in [1.82, 2.24) is 4.90 Å². The maximum atomic E-state index is 5.74. The Balaban J connectivity index is 1.92. The number of benzene rings is 1. The van der Waals surface area contributed by atoms with Crippen molar-refractivity contribution in [2.75, 3.05) is 19.6 Å². The SMILES string of the molecule is CCCN(Cc1ccccc1)CC1(CCN)CC1. The minimum absolute atomic E-state index is 0.554. The number of rotatable bonds is 8. The quantitative estimate of drug-likeness (QED) is 0.764. The topological polar surface area (TPSA) is 29.3 Å². The predicted molar refractivity (Wildman–Crippen MR) is 77.3 cm³/mol. The summed E-state index contributed by atoms with van der Waals surface area (Å²) >= 11 is 0. The molecule has 2 rings (SSSR count). The minimum atomic E-state index is 0.554. The summed E-state index contributed by atoms with van der Waals surface area (Å²) in [4.78, 5) is 2.61. The molecule has 2 nitrogen and oxygen atoms in total. The lowest BCUT2D eigenvalue weighted by atomic mass is 10.0. The van der Waals surface area contributed by atoms with Crippen LogP contribution in [0, 0.1) is 5.41 Å². The second kappa shape index (κ2) is 6.35. The Kier molecular flexibility index (Phi) is 4.79. The maximum Gasteiger partial charge on any atom is 0.0233 e. The van der Waals surface area contributed by atoms with E-state index in [9.17, 15) is 0 Å². The van der Waals surface area contributed by atoms with Crippen LogP contribution in [0.5, 0.6) is 0 Å². The second-order valence-electron chi connectivity index (χ2n) is 5.73. The van der Waals surface area contributed by atoms with Crippen molar-refractivity contribution >= 4 is 0 Å². The summed E-state index contributed by atoms with van der Waals surface area (Å²) < 4.78 is 0. The summed E-state index contributed by atoms with van der Waals surface area (Å²) in [5.41, 5.74) is 7.72. The van der Waals surface area contributed by atoms with Crippen molar-refractivity contribution < 1.29 is 0 Å². The lowest BCUT2D eigenvalue weighted by Gasteiger charge is -2.27. The fourth-order valence-electron chi connectivity index (χ4n) is 2.82. The van der Waals surface area contributed by atoms with E-state index in [1.54, 1.807) is 0 Å². The van der Waals surface area contributed by atoms with E-state index < -0.39 is 0 Å². The highest BCUT2D eigenvalue weighted by molar-refractivity contribution is 5.14. The third kappa shape index (κ3) is 3.82. The number of hydrogen-bond donors (Lipinski definition) is 1. The predicted octanol–water partition coefficient (Wildman–Crippen LogP) is 3.03. The van der Waals surface area contributed by atoms with Crippen LogP contribution in [0.25, 0.3) is 0 Å². The van der Waals surface area contributed by atoms with Crippen molar-refractivity contribution in [3.63, 3.8) is 0 Å². The molecule has 2 heteroatoms. The van der Waals surface area contributed by atoms with E-state index in [4.69, 9.17) is 5.73 Å². The van der Waals surface area contributed by atoms with E-state index in [1.165, 1.54) is 44.3 Å². The molecule has 0 heterocycles. The molecule has 0 bridgehead atoms. The van der Waals surface area contributed by atoms with Gasteiger partial charge in [0.2, 0.25) is 0 Å². The number of nitrogens with two attached hydrogens (primary N) is 1. The molecule has 1 aliphatic rings. The van der Waals surface area contributed by atoms with E-state index in [2.05, 4.69) is 42.2 Å². The van der Waals surface area contributed by atoms with E-state index in [1.807, 2.05) is 0 Å². The van der Waals surface area contributed by atoms with Gasteiger partial charge >= 0.3 is 0 Å². The third-order valence-electron chi connectivity index (χ3n) is 3.98. The van der Waals surface area contributed by atoms with Crippen molar-refractivity contribution in [1.29, 1.82) is 0 Å². The van der Waals surface area contributed by atoms with Crippen LogP contribution in [0.1, 0.15) is 38.2 Å². The normalized spacial score (nSPS) is 17.1. The molecule has 0 saturated heterocycles. The zero-order valence-electron chi connectivity index (χ0n) is 11.6. The van der Waals surface area contributed by atoms with Crippen LogP contribution in [-0.2, 0) is 6.54 Å². The Morgan fingerprint density at radius 3 is 2.50 bits per heavy atom. The van der Waals surface area contributed by atoms with Crippen LogP contribution in [0.4, 0.5) is 0 Å². The summed E-state index contributed by atoms with van der Waals surface area (Å²) in [6, 6.07) is 10.8. The van der Waals surface area contributed by atoms with Gasteiger partial charge in [-0.25, -0.2) is 0 Å². The molecule has 0 radical (unpaired) electrons. The first kappa shape index (κ1) is 13.6. The Morgan fingerprint density at radius 2 is 1.94 bits per heavy atom. The van der Waals surface area contributed by atoms with Gasteiger partial charge < -0.3 is 5.73 Å². The molecule has 1 aliphatic carbocycles. The molecular formula is C16H26N2. The van der Waals surface area contributed by atoms with E-state index in [0.717, 1.165) is 13.1 Å². The maximum absolute atomic E-state index is 5.74. The molecule has 100 valence electrons. The third-order valence-corrected chi connectivity index (χ3v) is 3.98. The Hall–Kier alpha value is -0.860. The monoisotopic (exact) mass is 246 g/mol. The minimum Gasteiger partial charge on any atom is -0.330 e. The zero-order chi connectivity index (χ0) is 12.8.